The maximum Gasteiger partial charge on any atom is 0.200 e. The molecule has 180 valence electrons. The van der Waals surface area contributed by atoms with Crippen molar-refractivity contribution >= 4 is 11.4 Å². The van der Waals surface area contributed by atoms with E-state index < -0.39 is 40.2 Å². The van der Waals surface area contributed by atoms with Crippen LogP contribution in [0.25, 0.3) is 0 Å². The van der Waals surface area contributed by atoms with E-state index in [2.05, 4.69) is 4.99 Å². The summed E-state index contributed by atoms with van der Waals surface area (Å²) in [5.41, 5.74) is -0.560. The van der Waals surface area contributed by atoms with Crippen LogP contribution >= 0.6 is 0 Å². The number of nitrogens with zero attached hydrogens (tertiary/aromatic N) is 1. The van der Waals surface area contributed by atoms with Crippen LogP contribution in [0, 0.1) is 29.1 Å². The van der Waals surface area contributed by atoms with Gasteiger partial charge < -0.3 is 5.11 Å². The monoisotopic (exact) mass is 475 g/mol. The van der Waals surface area contributed by atoms with E-state index in [1.807, 2.05) is 47.6 Å². The van der Waals surface area contributed by atoms with Crippen LogP contribution in [0.2, 0.25) is 0 Å². The third-order valence-corrected chi connectivity index (χ3v) is 5.50. The molecule has 3 rings (SSSR count). The Bertz CT molecular complexity index is 1240. The molecule has 0 spiro atoms. The minimum absolute atomic E-state index is 0.118. The third-order valence-electron chi connectivity index (χ3n) is 5.50. The van der Waals surface area contributed by atoms with Gasteiger partial charge in [0, 0.05) is 16.7 Å². The Morgan fingerprint density at radius 1 is 0.706 bits per heavy atom. The molecule has 0 saturated carbocycles. The van der Waals surface area contributed by atoms with Gasteiger partial charge in [0.2, 0.25) is 5.82 Å². The number of hydrogen-bond acceptors (Lipinski definition) is 2. The molecule has 0 aliphatic rings. The topological polar surface area (TPSA) is 32.6 Å². The number of aromatic hydroxyl groups is 1. The predicted molar refractivity (Wildman–Crippen MR) is 123 cm³/mol. The minimum atomic E-state index is -2.26. The standard InChI is InChI=1S/C27H26F5NO/c1-26(2,3)15-12-16(25(34)17(13-15)27(4,5)6)23(14-10-8-7-9-11-14)33-24-21(31)19(29)18(28)20(30)22(24)32/h7-13,34H,1-6H3. The zero-order valence-corrected chi connectivity index (χ0v) is 19.8. The van der Waals surface area contributed by atoms with Gasteiger partial charge in [-0.15, -0.1) is 0 Å². The van der Waals surface area contributed by atoms with Gasteiger partial charge in [0.05, 0.1) is 5.71 Å². The lowest BCUT2D eigenvalue weighted by Gasteiger charge is -2.28. The first-order valence-electron chi connectivity index (χ1n) is 10.7. The van der Waals surface area contributed by atoms with Gasteiger partial charge in [0.1, 0.15) is 11.4 Å². The van der Waals surface area contributed by atoms with E-state index >= 15 is 0 Å². The summed E-state index contributed by atoms with van der Waals surface area (Å²) < 4.78 is 70.5. The van der Waals surface area contributed by atoms with E-state index in [4.69, 9.17) is 0 Å². The number of benzene rings is 3. The molecule has 0 radical (unpaired) electrons. The molecule has 0 unspecified atom stereocenters. The Balaban J connectivity index is 2.48. The van der Waals surface area contributed by atoms with Gasteiger partial charge >= 0.3 is 0 Å². The molecule has 0 amide bonds. The van der Waals surface area contributed by atoms with E-state index in [0.717, 1.165) is 5.56 Å². The molecule has 1 N–H and O–H groups in total. The quantitative estimate of drug-likeness (QED) is 0.178. The van der Waals surface area contributed by atoms with Crippen molar-refractivity contribution in [2.45, 2.75) is 52.4 Å². The maximum atomic E-state index is 14.5. The Morgan fingerprint density at radius 2 is 1.21 bits per heavy atom. The summed E-state index contributed by atoms with van der Waals surface area (Å²) in [6.45, 7) is 11.5. The molecule has 2 nitrogen and oxygen atoms in total. The summed E-state index contributed by atoms with van der Waals surface area (Å²) in [7, 11) is 0. The zero-order valence-electron chi connectivity index (χ0n) is 19.8. The molecule has 0 bridgehead atoms. The fourth-order valence-corrected chi connectivity index (χ4v) is 3.50. The summed E-state index contributed by atoms with van der Waals surface area (Å²) in [4.78, 5) is 3.93. The molecular formula is C27H26F5NO. The van der Waals surface area contributed by atoms with E-state index in [-0.39, 0.29) is 22.4 Å². The summed E-state index contributed by atoms with van der Waals surface area (Å²) in [5, 5.41) is 11.2. The summed E-state index contributed by atoms with van der Waals surface area (Å²) in [6, 6.07) is 11.6. The highest BCUT2D eigenvalue weighted by Gasteiger charge is 2.29. The highest BCUT2D eigenvalue weighted by atomic mass is 19.2. The predicted octanol–water partition coefficient (Wildman–Crippen LogP) is 7.85. The van der Waals surface area contributed by atoms with Gasteiger partial charge in [0.25, 0.3) is 0 Å². The van der Waals surface area contributed by atoms with Gasteiger partial charge in [-0.1, -0.05) is 77.9 Å². The molecule has 34 heavy (non-hydrogen) atoms. The number of hydrogen-bond donors (Lipinski definition) is 1. The number of phenols is 1. The Labute approximate surface area is 195 Å². The van der Waals surface area contributed by atoms with Crippen LogP contribution in [0.1, 0.15) is 63.8 Å². The van der Waals surface area contributed by atoms with Gasteiger partial charge in [-0.3, -0.25) is 0 Å². The lowest BCUT2D eigenvalue weighted by molar-refractivity contribution is 0.381. The molecule has 0 fully saturated rings. The average Bonchev–Trinajstić information content (AvgIpc) is 2.76. The normalized spacial score (nSPS) is 12.9. The fraction of sp³-hybridized carbons (Fsp3) is 0.296. The van der Waals surface area contributed by atoms with E-state index in [0.29, 0.717) is 11.1 Å². The molecule has 0 aliphatic carbocycles. The fourth-order valence-electron chi connectivity index (χ4n) is 3.50. The van der Waals surface area contributed by atoms with Gasteiger partial charge in [-0.2, -0.15) is 0 Å². The molecule has 3 aromatic rings. The molecule has 0 aromatic heterocycles. The van der Waals surface area contributed by atoms with Crippen LogP contribution < -0.4 is 0 Å². The highest BCUT2D eigenvalue weighted by molar-refractivity contribution is 6.15. The van der Waals surface area contributed by atoms with Crippen LogP contribution in [0.5, 0.6) is 5.75 Å². The lowest BCUT2D eigenvalue weighted by atomic mass is 9.78. The van der Waals surface area contributed by atoms with E-state index in [9.17, 15) is 27.1 Å². The number of halogens is 5. The first-order valence-corrected chi connectivity index (χ1v) is 10.7. The van der Waals surface area contributed by atoms with Crippen LogP contribution in [0.3, 0.4) is 0 Å². The molecule has 3 aromatic carbocycles. The van der Waals surface area contributed by atoms with Gasteiger partial charge in [0.15, 0.2) is 23.3 Å². The molecule has 0 saturated heterocycles. The number of phenolic OH excluding ortho intramolecular Hbond substituents is 1. The summed E-state index contributed by atoms with van der Waals surface area (Å²) in [6.07, 6.45) is 0. The number of aliphatic imine (C=N–C) groups is 1. The summed E-state index contributed by atoms with van der Waals surface area (Å²) >= 11 is 0. The van der Waals surface area contributed by atoms with Crippen LogP contribution in [-0.4, -0.2) is 10.8 Å². The average molecular weight is 476 g/mol. The second-order valence-corrected chi connectivity index (χ2v) is 10.2. The van der Waals surface area contributed by atoms with Crippen LogP contribution in [-0.2, 0) is 10.8 Å². The minimum Gasteiger partial charge on any atom is -0.507 e. The maximum absolute atomic E-state index is 14.5. The molecule has 7 heteroatoms. The van der Waals surface area contributed by atoms with Gasteiger partial charge in [-0.25, -0.2) is 26.9 Å². The van der Waals surface area contributed by atoms with Crippen LogP contribution in [0.4, 0.5) is 27.6 Å². The van der Waals surface area contributed by atoms with Crippen molar-refractivity contribution in [3.63, 3.8) is 0 Å². The van der Waals surface area contributed by atoms with Crippen molar-refractivity contribution in [2.24, 2.45) is 4.99 Å². The van der Waals surface area contributed by atoms with Crippen molar-refractivity contribution in [3.8, 4) is 5.75 Å². The molecule has 0 atom stereocenters. The van der Waals surface area contributed by atoms with Crippen molar-refractivity contribution in [1.82, 2.24) is 0 Å². The Hall–Kier alpha value is -3.22. The lowest BCUT2D eigenvalue weighted by Crippen LogP contribution is -2.19. The number of rotatable bonds is 3. The highest BCUT2D eigenvalue weighted by Crippen LogP contribution is 2.40. The smallest absolute Gasteiger partial charge is 0.200 e. The van der Waals surface area contributed by atoms with Crippen molar-refractivity contribution in [2.75, 3.05) is 0 Å². The zero-order chi connectivity index (χ0) is 25.6. The van der Waals surface area contributed by atoms with Crippen molar-refractivity contribution in [1.29, 1.82) is 0 Å². The summed E-state index contributed by atoms with van der Waals surface area (Å²) in [5.74, 6) is -10.7. The molecular weight excluding hydrogens is 449 g/mol. The van der Waals surface area contributed by atoms with Gasteiger partial charge in [-0.05, 0) is 22.5 Å². The van der Waals surface area contributed by atoms with E-state index in [1.165, 1.54) is 0 Å². The second kappa shape index (κ2) is 8.85. The third kappa shape index (κ3) is 4.69. The Kier molecular flexibility index (Phi) is 6.62. The SMILES string of the molecule is CC(C)(C)c1cc(C(=Nc2c(F)c(F)c(F)c(F)c2F)c2ccccc2)c(O)c(C(C)(C)C)c1. The molecule has 0 aliphatic heterocycles. The van der Waals surface area contributed by atoms with Crippen LogP contribution in [0.15, 0.2) is 47.5 Å². The second-order valence-electron chi connectivity index (χ2n) is 10.2. The largest absolute Gasteiger partial charge is 0.507 e. The van der Waals surface area contributed by atoms with E-state index in [1.54, 1.807) is 36.4 Å². The molecule has 0 heterocycles. The Morgan fingerprint density at radius 3 is 1.68 bits per heavy atom. The first kappa shape index (κ1) is 25.4. The van der Waals surface area contributed by atoms with Crippen molar-refractivity contribution < 1.29 is 27.1 Å². The van der Waals surface area contributed by atoms with Crippen molar-refractivity contribution in [3.05, 3.63) is 93.8 Å². The first-order chi connectivity index (χ1) is 15.6.